The van der Waals surface area contributed by atoms with Crippen molar-refractivity contribution >= 4 is 21.9 Å². The van der Waals surface area contributed by atoms with Crippen LogP contribution in [0.4, 0.5) is 0 Å². The first-order valence-electron chi connectivity index (χ1n) is 6.94. The van der Waals surface area contributed by atoms with Crippen molar-refractivity contribution in [1.29, 1.82) is 0 Å². The monoisotopic (exact) mass is 343 g/mol. The minimum Gasteiger partial charge on any atom is -0.480 e. The van der Waals surface area contributed by atoms with Crippen molar-refractivity contribution in [3.8, 4) is 0 Å². The number of nitrogens with zero attached hydrogens (tertiary/aromatic N) is 1. The normalized spacial score (nSPS) is 11.4. The Kier molecular flexibility index (Phi) is 7.14. The van der Waals surface area contributed by atoms with Gasteiger partial charge in [0.1, 0.15) is 6.54 Å². The summed E-state index contributed by atoms with van der Waals surface area (Å²) in [5.41, 5.74) is 0.969. The van der Waals surface area contributed by atoms with Crippen LogP contribution in [-0.4, -0.2) is 63.5 Å². The van der Waals surface area contributed by atoms with Crippen molar-refractivity contribution < 1.29 is 23.1 Å². The van der Waals surface area contributed by atoms with Crippen LogP contribution in [-0.2, 0) is 19.6 Å². The lowest BCUT2D eigenvalue weighted by molar-refractivity contribution is -0.138. The van der Waals surface area contributed by atoms with Crippen molar-refractivity contribution in [3.05, 3.63) is 29.8 Å². The first-order valence-corrected chi connectivity index (χ1v) is 8.42. The van der Waals surface area contributed by atoms with Crippen LogP contribution in [0.25, 0.3) is 0 Å². The molecule has 0 atom stereocenters. The molecular weight excluding hydrogens is 322 g/mol. The molecule has 0 fully saturated rings. The molecule has 8 nitrogen and oxygen atoms in total. The van der Waals surface area contributed by atoms with E-state index in [-0.39, 0.29) is 18.0 Å². The largest absolute Gasteiger partial charge is 0.480 e. The lowest BCUT2D eigenvalue weighted by atomic mass is 10.2. The van der Waals surface area contributed by atoms with Crippen molar-refractivity contribution in [2.24, 2.45) is 0 Å². The van der Waals surface area contributed by atoms with Crippen molar-refractivity contribution in [1.82, 2.24) is 14.9 Å². The van der Waals surface area contributed by atoms with Crippen molar-refractivity contribution in [2.45, 2.75) is 11.8 Å². The van der Waals surface area contributed by atoms with Crippen LogP contribution in [0.2, 0.25) is 0 Å². The number of likely N-dealkylation sites (N-methyl/N-ethyl adjacent to an activating group) is 1. The third-order valence-corrected chi connectivity index (χ3v) is 4.44. The number of aliphatic carboxylic acids is 1. The van der Waals surface area contributed by atoms with E-state index in [1.165, 1.54) is 12.1 Å². The predicted molar refractivity (Wildman–Crippen MR) is 84.5 cm³/mol. The zero-order valence-corrected chi connectivity index (χ0v) is 13.9. The topological polar surface area (TPSA) is 116 Å². The molecule has 0 unspecified atom stereocenters. The molecule has 23 heavy (non-hydrogen) atoms. The Bertz CT molecular complexity index is 643. The fraction of sp³-hybridized carbons (Fsp3) is 0.429. The summed E-state index contributed by atoms with van der Waals surface area (Å²) in [6.45, 7) is 1.87. The molecule has 0 saturated heterocycles. The minimum atomic E-state index is -3.58. The average Bonchev–Trinajstić information content (AvgIpc) is 2.45. The molecule has 1 amide bonds. The highest BCUT2D eigenvalue weighted by Gasteiger charge is 2.14. The Hall–Kier alpha value is -1.97. The van der Waals surface area contributed by atoms with E-state index >= 15 is 0 Å². The van der Waals surface area contributed by atoms with Gasteiger partial charge in [0.25, 0.3) is 0 Å². The predicted octanol–water partition coefficient (Wildman–Crippen LogP) is -0.594. The Morgan fingerprint density at radius 2 is 1.83 bits per heavy atom. The van der Waals surface area contributed by atoms with E-state index in [9.17, 15) is 18.0 Å². The summed E-state index contributed by atoms with van der Waals surface area (Å²) in [7, 11) is -1.94. The van der Waals surface area contributed by atoms with Gasteiger partial charge >= 0.3 is 5.97 Å². The SMILES string of the molecule is Cc1ccc(S(=O)(=O)NCCN(C)CC(=O)NCC(=O)O)cc1. The fourth-order valence-electron chi connectivity index (χ4n) is 1.73. The molecule has 0 aliphatic heterocycles. The van der Waals surface area contributed by atoms with Crippen LogP contribution in [0.15, 0.2) is 29.2 Å². The van der Waals surface area contributed by atoms with E-state index in [1.54, 1.807) is 24.1 Å². The van der Waals surface area contributed by atoms with Crippen LogP contribution in [0.1, 0.15) is 5.56 Å². The summed E-state index contributed by atoms with van der Waals surface area (Å²) < 4.78 is 26.6. The van der Waals surface area contributed by atoms with Gasteiger partial charge in [-0.15, -0.1) is 0 Å². The van der Waals surface area contributed by atoms with E-state index in [1.807, 2.05) is 6.92 Å². The highest BCUT2D eigenvalue weighted by molar-refractivity contribution is 7.89. The van der Waals surface area contributed by atoms with E-state index < -0.39 is 28.4 Å². The summed E-state index contributed by atoms with van der Waals surface area (Å²) in [6, 6.07) is 6.49. The van der Waals surface area contributed by atoms with Gasteiger partial charge in [0, 0.05) is 13.1 Å². The zero-order chi connectivity index (χ0) is 17.5. The Morgan fingerprint density at radius 1 is 1.22 bits per heavy atom. The van der Waals surface area contributed by atoms with Crippen LogP contribution >= 0.6 is 0 Å². The molecule has 128 valence electrons. The van der Waals surface area contributed by atoms with Crippen LogP contribution < -0.4 is 10.0 Å². The van der Waals surface area contributed by atoms with Gasteiger partial charge in [-0.2, -0.15) is 0 Å². The van der Waals surface area contributed by atoms with Gasteiger partial charge in [-0.25, -0.2) is 13.1 Å². The summed E-state index contributed by atoms with van der Waals surface area (Å²) in [5, 5.41) is 10.7. The standard InChI is InChI=1S/C14H21N3O5S/c1-11-3-5-12(6-4-11)23(21,22)16-7-8-17(2)10-13(18)15-9-14(19)20/h3-6,16H,7-10H2,1-2H3,(H,15,18)(H,19,20). The number of aryl methyl sites for hydroxylation is 1. The van der Waals surface area contributed by atoms with E-state index in [4.69, 9.17) is 5.11 Å². The summed E-state index contributed by atoms with van der Waals surface area (Å²) in [6.07, 6.45) is 0. The molecule has 0 bridgehead atoms. The molecule has 1 aromatic carbocycles. The van der Waals surface area contributed by atoms with Gasteiger partial charge in [-0.3, -0.25) is 14.5 Å². The number of carbonyl (C=O) groups is 2. The first-order chi connectivity index (χ1) is 10.7. The maximum atomic E-state index is 12.1. The highest BCUT2D eigenvalue weighted by atomic mass is 32.2. The first kappa shape index (κ1) is 19.1. The second kappa shape index (κ2) is 8.61. The lowest BCUT2D eigenvalue weighted by Gasteiger charge is -2.16. The average molecular weight is 343 g/mol. The summed E-state index contributed by atoms with van der Waals surface area (Å²) in [5.74, 6) is -1.55. The number of carboxylic acid groups (broad SMARTS) is 1. The number of hydrogen-bond donors (Lipinski definition) is 3. The number of nitrogens with one attached hydrogen (secondary N) is 2. The summed E-state index contributed by atoms with van der Waals surface area (Å²) >= 11 is 0. The van der Waals surface area contributed by atoms with Crippen molar-refractivity contribution in [3.63, 3.8) is 0 Å². The zero-order valence-electron chi connectivity index (χ0n) is 13.1. The van der Waals surface area contributed by atoms with E-state index in [0.29, 0.717) is 6.54 Å². The van der Waals surface area contributed by atoms with Gasteiger partial charge in [0.05, 0.1) is 11.4 Å². The van der Waals surface area contributed by atoms with Gasteiger partial charge in [-0.1, -0.05) is 17.7 Å². The smallest absolute Gasteiger partial charge is 0.322 e. The second-order valence-corrected chi connectivity index (χ2v) is 6.89. The maximum absolute atomic E-state index is 12.1. The third-order valence-electron chi connectivity index (χ3n) is 2.97. The molecule has 1 aromatic rings. The third kappa shape index (κ3) is 7.22. The molecule has 0 saturated carbocycles. The van der Waals surface area contributed by atoms with Gasteiger partial charge in [0.2, 0.25) is 15.9 Å². The van der Waals surface area contributed by atoms with Crippen LogP contribution in [0.3, 0.4) is 0 Å². The quantitative estimate of drug-likeness (QED) is 0.552. The number of carboxylic acids is 1. The molecule has 3 N–H and O–H groups in total. The Balaban J connectivity index is 2.39. The number of amides is 1. The molecule has 1 rings (SSSR count). The second-order valence-electron chi connectivity index (χ2n) is 5.12. The number of rotatable bonds is 9. The van der Waals surface area contributed by atoms with Gasteiger partial charge in [-0.05, 0) is 26.1 Å². The van der Waals surface area contributed by atoms with Crippen LogP contribution in [0, 0.1) is 6.92 Å². The highest BCUT2D eigenvalue weighted by Crippen LogP contribution is 2.09. The van der Waals surface area contributed by atoms with E-state index in [0.717, 1.165) is 5.56 Å². The number of sulfonamides is 1. The van der Waals surface area contributed by atoms with Crippen LogP contribution in [0.5, 0.6) is 0 Å². The minimum absolute atomic E-state index is 0.0143. The van der Waals surface area contributed by atoms with Crippen molar-refractivity contribution in [2.75, 3.05) is 33.2 Å². The molecule has 0 aromatic heterocycles. The lowest BCUT2D eigenvalue weighted by Crippen LogP contribution is -2.40. The van der Waals surface area contributed by atoms with Gasteiger partial charge < -0.3 is 10.4 Å². The molecule has 0 radical (unpaired) electrons. The Labute approximate surface area is 135 Å². The molecular formula is C14H21N3O5S. The summed E-state index contributed by atoms with van der Waals surface area (Å²) in [4.78, 5) is 23.5. The number of hydrogen-bond acceptors (Lipinski definition) is 5. The number of benzene rings is 1. The molecule has 0 aliphatic carbocycles. The molecule has 0 spiro atoms. The van der Waals surface area contributed by atoms with Gasteiger partial charge in [0.15, 0.2) is 0 Å². The number of carbonyl (C=O) groups excluding carboxylic acids is 1. The molecule has 0 aliphatic rings. The fourth-order valence-corrected chi connectivity index (χ4v) is 2.75. The maximum Gasteiger partial charge on any atom is 0.322 e. The Morgan fingerprint density at radius 3 is 2.39 bits per heavy atom. The molecule has 0 heterocycles. The van der Waals surface area contributed by atoms with E-state index in [2.05, 4.69) is 10.0 Å². The molecule has 9 heteroatoms.